The number of carbonyl (C=O) groups excluding carboxylic acids is 2. The second kappa shape index (κ2) is 6.03. The Hall–Kier alpha value is -1.85. The maximum Gasteiger partial charge on any atom is 0.306 e. The molecule has 17 heavy (non-hydrogen) atoms. The molecule has 1 amide bonds. The fourth-order valence-corrected chi connectivity index (χ4v) is 1.39. The number of aromatic amines is 1. The normalized spacial score (nSPS) is 10.1. The molecular formula is C11H17N3O3. The third-order valence-electron chi connectivity index (χ3n) is 2.25. The molecule has 0 bridgehead atoms. The van der Waals surface area contributed by atoms with Gasteiger partial charge in [-0.2, -0.15) is 5.10 Å². The van der Waals surface area contributed by atoms with Gasteiger partial charge in [0.1, 0.15) is 0 Å². The molecule has 0 spiro atoms. The van der Waals surface area contributed by atoms with Gasteiger partial charge in [-0.1, -0.05) is 0 Å². The van der Waals surface area contributed by atoms with Crippen LogP contribution in [0.2, 0.25) is 0 Å². The number of carbonyl (C=O) groups is 2. The van der Waals surface area contributed by atoms with Crippen molar-refractivity contribution < 1.29 is 14.3 Å². The summed E-state index contributed by atoms with van der Waals surface area (Å²) < 4.78 is 4.74. The van der Waals surface area contributed by atoms with Crippen molar-refractivity contribution in [3.05, 3.63) is 11.4 Å². The van der Waals surface area contributed by atoms with Crippen LogP contribution in [0.4, 0.5) is 5.69 Å². The van der Waals surface area contributed by atoms with Crippen molar-refractivity contribution in [1.82, 2.24) is 10.2 Å². The van der Waals surface area contributed by atoms with Crippen LogP contribution in [0.15, 0.2) is 0 Å². The molecule has 1 aromatic rings. The minimum absolute atomic E-state index is 0.0929. The van der Waals surface area contributed by atoms with E-state index in [2.05, 4.69) is 15.5 Å². The molecule has 1 rings (SSSR count). The number of aryl methyl sites for hydroxylation is 2. The number of esters is 1. The molecule has 0 radical (unpaired) electrons. The van der Waals surface area contributed by atoms with Crippen LogP contribution in [-0.4, -0.2) is 28.7 Å². The Bertz CT molecular complexity index is 393. The number of hydrogen-bond acceptors (Lipinski definition) is 4. The predicted molar refractivity (Wildman–Crippen MR) is 62.6 cm³/mol. The summed E-state index contributed by atoms with van der Waals surface area (Å²) >= 11 is 0. The Morgan fingerprint density at radius 3 is 2.59 bits per heavy atom. The lowest BCUT2D eigenvalue weighted by Crippen LogP contribution is -2.15. The average Bonchev–Trinajstić information content (AvgIpc) is 2.58. The number of H-pyrrole nitrogens is 1. The minimum Gasteiger partial charge on any atom is -0.466 e. The zero-order chi connectivity index (χ0) is 12.8. The van der Waals surface area contributed by atoms with Crippen molar-refractivity contribution in [1.29, 1.82) is 0 Å². The van der Waals surface area contributed by atoms with Gasteiger partial charge in [0.25, 0.3) is 0 Å². The van der Waals surface area contributed by atoms with Crippen LogP contribution in [0.3, 0.4) is 0 Å². The molecule has 2 N–H and O–H groups in total. The fourth-order valence-electron chi connectivity index (χ4n) is 1.39. The molecule has 6 nitrogen and oxygen atoms in total. The molecule has 0 fully saturated rings. The molecule has 94 valence electrons. The summed E-state index contributed by atoms with van der Waals surface area (Å²) in [5.41, 5.74) is 2.21. The number of rotatable bonds is 5. The van der Waals surface area contributed by atoms with Crippen LogP contribution < -0.4 is 5.32 Å². The highest BCUT2D eigenvalue weighted by atomic mass is 16.5. The molecule has 0 unspecified atom stereocenters. The van der Waals surface area contributed by atoms with Gasteiger partial charge in [-0.05, 0) is 20.8 Å². The SMILES string of the molecule is CCOC(=O)CCC(=O)Nc1c(C)n[nH]c1C. The highest BCUT2D eigenvalue weighted by molar-refractivity contribution is 5.93. The number of anilines is 1. The van der Waals surface area contributed by atoms with E-state index in [-0.39, 0.29) is 24.7 Å². The van der Waals surface area contributed by atoms with E-state index in [1.54, 1.807) is 13.8 Å². The minimum atomic E-state index is -0.358. The van der Waals surface area contributed by atoms with Crippen molar-refractivity contribution in [2.45, 2.75) is 33.6 Å². The van der Waals surface area contributed by atoms with Crippen LogP contribution >= 0.6 is 0 Å². The van der Waals surface area contributed by atoms with E-state index in [0.717, 1.165) is 11.4 Å². The topological polar surface area (TPSA) is 84.1 Å². The molecule has 0 saturated heterocycles. The Balaban J connectivity index is 2.43. The van der Waals surface area contributed by atoms with Gasteiger partial charge in [0, 0.05) is 6.42 Å². The second-order valence-electron chi connectivity index (χ2n) is 3.66. The first-order valence-corrected chi connectivity index (χ1v) is 5.51. The lowest BCUT2D eigenvalue weighted by atomic mass is 10.2. The summed E-state index contributed by atoms with van der Waals surface area (Å²) in [4.78, 5) is 22.6. The van der Waals surface area contributed by atoms with Gasteiger partial charge in [0.2, 0.25) is 5.91 Å². The van der Waals surface area contributed by atoms with E-state index in [4.69, 9.17) is 4.74 Å². The van der Waals surface area contributed by atoms with Gasteiger partial charge in [0.05, 0.1) is 30.1 Å². The van der Waals surface area contributed by atoms with Crippen molar-refractivity contribution >= 4 is 17.6 Å². The number of nitrogens with one attached hydrogen (secondary N) is 2. The van der Waals surface area contributed by atoms with Crippen LogP contribution in [-0.2, 0) is 14.3 Å². The average molecular weight is 239 g/mol. The van der Waals surface area contributed by atoms with Gasteiger partial charge in [-0.3, -0.25) is 14.7 Å². The summed E-state index contributed by atoms with van der Waals surface area (Å²) in [7, 11) is 0. The maximum absolute atomic E-state index is 11.6. The zero-order valence-corrected chi connectivity index (χ0v) is 10.3. The molecule has 0 aliphatic rings. The number of aromatic nitrogens is 2. The Morgan fingerprint density at radius 1 is 1.35 bits per heavy atom. The van der Waals surface area contributed by atoms with E-state index < -0.39 is 0 Å². The van der Waals surface area contributed by atoms with Crippen LogP contribution in [0.1, 0.15) is 31.2 Å². The monoisotopic (exact) mass is 239 g/mol. The van der Waals surface area contributed by atoms with E-state index in [1.165, 1.54) is 0 Å². The molecule has 1 aromatic heterocycles. The van der Waals surface area contributed by atoms with Gasteiger partial charge in [-0.15, -0.1) is 0 Å². The number of ether oxygens (including phenoxy) is 1. The molecule has 0 saturated carbocycles. The lowest BCUT2D eigenvalue weighted by Gasteiger charge is -2.05. The first-order valence-electron chi connectivity index (χ1n) is 5.51. The lowest BCUT2D eigenvalue weighted by molar-refractivity contribution is -0.144. The Labute approximate surface area is 99.7 Å². The van der Waals surface area contributed by atoms with E-state index in [0.29, 0.717) is 12.3 Å². The van der Waals surface area contributed by atoms with Crippen LogP contribution in [0.25, 0.3) is 0 Å². The van der Waals surface area contributed by atoms with Crippen LogP contribution in [0, 0.1) is 13.8 Å². The Morgan fingerprint density at radius 2 is 2.06 bits per heavy atom. The first-order chi connectivity index (χ1) is 8.04. The second-order valence-corrected chi connectivity index (χ2v) is 3.66. The number of hydrogen-bond donors (Lipinski definition) is 2. The molecule has 0 atom stereocenters. The van der Waals surface area contributed by atoms with Crippen molar-refractivity contribution in [3.8, 4) is 0 Å². The molecule has 6 heteroatoms. The highest BCUT2D eigenvalue weighted by Crippen LogP contribution is 2.16. The molecule has 0 aliphatic carbocycles. The summed E-state index contributed by atoms with van der Waals surface area (Å²) in [5, 5.41) is 9.45. The van der Waals surface area contributed by atoms with E-state index in [1.807, 2.05) is 6.92 Å². The summed E-state index contributed by atoms with van der Waals surface area (Å²) in [6, 6.07) is 0. The first kappa shape index (κ1) is 13.2. The zero-order valence-electron chi connectivity index (χ0n) is 10.3. The maximum atomic E-state index is 11.6. The molecule has 0 aromatic carbocycles. The van der Waals surface area contributed by atoms with Crippen molar-refractivity contribution in [2.75, 3.05) is 11.9 Å². The number of nitrogens with zero attached hydrogens (tertiary/aromatic N) is 1. The smallest absolute Gasteiger partial charge is 0.306 e. The third kappa shape index (κ3) is 3.90. The van der Waals surface area contributed by atoms with Gasteiger partial charge >= 0.3 is 5.97 Å². The van der Waals surface area contributed by atoms with E-state index >= 15 is 0 Å². The summed E-state index contributed by atoms with van der Waals surface area (Å²) in [6.45, 7) is 5.68. The Kier molecular flexibility index (Phi) is 4.68. The quantitative estimate of drug-likeness (QED) is 0.759. The third-order valence-corrected chi connectivity index (χ3v) is 2.25. The van der Waals surface area contributed by atoms with Gasteiger partial charge in [0.15, 0.2) is 0 Å². The fraction of sp³-hybridized carbons (Fsp3) is 0.545. The molecule has 1 heterocycles. The van der Waals surface area contributed by atoms with Crippen molar-refractivity contribution in [3.63, 3.8) is 0 Å². The van der Waals surface area contributed by atoms with E-state index in [9.17, 15) is 9.59 Å². The molecular weight excluding hydrogens is 222 g/mol. The molecule has 0 aliphatic heterocycles. The van der Waals surface area contributed by atoms with Crippen molar-refractivity contribution in [2.24, 2.45) is 0 Å². The standard InChI is InChI=1S/C11H17N3O3/c1-4-17-10(16)6-5-9(15)12-11-7(2)13-14-8(11)3/h4-6H2,1-3H3,(H,12,15)(H,13,14). The largest absolute Gasteiger partial charge is 0.466 e. The summed E-state index contributed by atoms with van der Waals surface area (Å²) in [5.74, 6) is -0.575. The van der Waals surface area contributed by atoms with Crippen LogP contribution in [0.5, 0.6) is 0 Å². The van der Waals surface area contributed by atoms with Gasteiger partial charge < -0.3 is 10.1 Å². The predicted octanol–water partition coefficient (Wildman–Crippen LogP) is 1.31. The summed E-state index contributed by atoms with van der Waals surface area (Å²) in [6.07, 6.45) is 0.207. The van der Waals surface area contributed by atoms with Gasteiger partial charge in [-0.25, -0.2) is 0 Å². The highest BCUT2D eigenvalue weighted by Gasteiger charge is 2.11. The number of amides is 1.